The van der Waals surface area contributed by atoms with Gasteiger partial charge in [-0.1, -0.05) is 53.5 Å². The van der Waals surface area contributed by atoms with Crippen molar-refractivity contribution in [3.05, 3.63) is 52.0 Å². The van der Waals surface area contributed by atoms with Crippen molar-refractivity contribution >= 4 is 38.7 Å². The summed E-state index contributed by atoms with van der Waals surface area (Å²) >= 11 is 3.68. The van der Waals surface area contributed by atoms with E-state index >= 15 is 0 Å². The third-order valence-corrected chi connectivity index (χ3v) is 4.37. The van der Waals surface area contributed by atoms with Crippen LogP contribution in [0.25, 0.3) is 16.8 Å². The number of halogens is 1. The van der Waals surface area contributed by atoms with Crippen molar-refractivity contribution < 1.29 is 9.53 Å². The van der Waals surface area contributed by atoms with Gasteiger partial charge in [-0.2, -0.15) is 0 Å². The first kappa shape index (κ1) is 18.7. The second-order valence-electron chi connectivity index (χ2n) is 6.95. The molecule has 0 aliphatic carbocycles. The molecule has 0 fully saturated rings. The van der Waals surface area contributed by atoms with E-state index in [0.717, 1.165) is 40.1 Å². The lowest BCUT2D eigenvalue weighted by molar-refractivity contribution is -0.148. The number of hydrogen-bond donors (Lipinski definition) is 0. The van der Waals surface area contributed by atoms with Crippen LogP contribution < -0.4 is 0 Å². The van der Waals surface area contributed by atoms with E-state index in [0.29, 0.717) is 0 Å². The number of aryl methyl sites for hydroxylation is 1. The normalized spacial score (nSPS) is 12.0. The predicted octanol–water partition coefficient (Wildman–Crippen LogP) is 6.30. The fraction of sp³-hybridized carbons (Fsp3) is 0.381. The Balaban J connectivity index is 2.45. The number of carbonyl (C=O) groups excluding carboxylic acids is 1. The van der Waals surface area contributed by atoms with Gasteiger partial charge in [0, 0.05) is 10.5 Å². The molecule has 2 nitrogen and oxygen atoms in total. The Morgan fingerprint density at radius 1 is 1.21 bits per heavy atom. The van der Waals surface area contributed by atoms with Gasteiger partial charge in [0.1, 0.15) is 5.60 Å². The molecule has 0 aromatic heterocycles. The number of unbranched alkanes of at least 4 members (excludes halogenated alkanes) is 1. The molecule has 0 spiro atoms. The van der Waals surface area contributed by atoms with Gasteiger partial charge in [0.05, 0.1) is 0 Å². The molecule has 2 rings (SSSR count). The summed E-state index contributed by atoms with van der Waals surface area (Å²) in [5, 5.41) is 2.30. The number of benzene rings is 2. The average molecular weight is 389 g/mol. The highest BCUT2D eigenvalue weighted by molar-refractivity contribution is 9.10. The van der Waals surface area contributed by atoms with Gasteiger partial charge >= 0.3 is 5.97 Å². The molecule has 0 heterocycles. The minimum absolute atomic E-state index is 0.309. The first-order chi connectivity index (χ1) is 11.3. The van der Waals surface area contributed by atoms with Gasteiger partial charge < -0.3 is 4.74 Å². The Morgan fingerprint density at radius 2 is 1.88 bits per heavy atom. The fourth-order valence-corrected chi connectivity index (χ4v) is 3.29. The molecule has 0 aliphatic heterocycles. The molecule has 2 aromatic rings. The zero-order valence-electron chi connectivity index (χ0n) is 14.9. The van der Waals surface area contributed by atoms with Gasteiger partial charge in [0.2, 0.25) is 0 Å². The molecule has 2 aromatic carbocycles. The van der Waals surface area contributed by atoms with E-state index in [2.05, 4.69) is 41.1 Å². The van der Waals surface area contributed by atoms with Gasteiger partial charge in [-0.3, -0.25) is 0 Å². The lowest BCUT2D eigenvalue weighted by Crippen LogP contribution is -2.22. The first-order valence-corrected chi connectivity index (χ1v) is 9.22. The van der Waals surface area contributed by atoms with Crippen molar-refractivity contribution in [3.8, 4) is 0 Å². The maximum absolute atomic E-state index is 12.0. The van der Waals surface area contributed by atoms with Crippen molar-refractivity contribution in [1.82, 2.24) is 0 Å². The van der Waals surface area contributed by atoms with E-state index in [4.69, 9.17) is 4.74 Å². The van der Waals surface area contributed by atoms with E-state index in [-0.39, 0.29) is 5.97 Å². The fourth-order valence-electron chi connectivity index (χ4n) is 2.67. The average Bonchev–Trinajstić information content (AvgIpc) is 2.50. The standard InChI is InChI=1S/C21H25BrO2/c1-5-6-9-15-14-19(22)18-11-8-7-10-17(18)16(15)12-13-20(23)24-21(2,3)4/h7-8,10-14H,5-6,9H2,1-4H3/b13-12+. The molecule has 0 saturated carbocycles. The second kappa shape index (κ2) is 7.98. The summed E-state index contributed by atoms with van der Waals surface area (Å²) in [5.74, 6) is -0.309. The van der Waals surface area contributed by atoms with Crippen LogP contribution in [-0.2, 0) is 16.0 Å². The molecule has 0 saturated heterocycles. The molecule has 128 valence electrons. The largest absolute Gasteiger partial charge is 0.457 e. The SMILES string of the molecule is CCCCc1cc(Br)c2ccccc2c1/C=C/C(=O)OC(C)(C)C. The number of carbonyl (C=O) groups is 1. The molecule has 0 atom stereocenters. The summed E-state index contributed by atoms with van der Waals surface area (Å²) in [4.78, 5) is 12.0. The molecular formula is C21H25BrO2. The number of esters is 1. The number of hydrogen-bond acceptors (Lipinski definition) is 2. The molecule has 0 N–H and O–H groups in total. The third kappa shape index (κ3) is 4.94. The lowest BCUT2D eigenvalue weighted by atomic mass is 9.95. The zero-order chi connectivity index (χ0) is 17.7. The second-order valence-corrected chi connectivity index (χ2v) is 7.80. The Kier molecular flexibility index (Phi) is 6.22. The first-order valence-electron chi connectivity index (χ1n) is 8.43. The molecule has 3 heteroatoms. The van der Waals surface area contributed by atoms with E-state index in [1.807, 2.05) is 39.0 Å². The minimum atomic E-state index is -0.478. The van der Waals surface area contributed by atoms with Crippen LogP contribution in [0.15, 0.2) is 40.9 Å². The van der Waals surface area contributed by atoms with Gasteiger partial charge in [-0.05, 0) is 67.7 Å². The van der Waals surface area contributed by atoms with Gasteiger partial charge in [0.15, 0.2) is 0 Å². The van der Waals surface area contributed by atoms with Crippen LogP contribution in [0.1, 0.15) is 51.7 Å². The van der Waals surface area contributed by atoms with Crippen LogP contribution in [-0.4, -0.2) is 11.6 Å². The van der Waals surface area contributed by atoms with Crippen LogP contribution in [0.5, 0.6) is 0 Å². The highest BCUT2D eigenvalue weighted by Gasteiger charge is 2.14. The molecule has 0 radical (unpaired) electrons. The van der Waals surface area contributed by atoms with E-state index in [1.165, 1.54) is 11.6 Å². The highest BCUT2D eigenvalue weighted by atomic mass is 79.9. The molecular weight excluding hydrogens is 364 g/mol. The zero-order valence-corrected chi connectivity index (χ0v) is 16.4. The number of fused-ring (bicyclic) bond motifs is 1. The summed E-state index contributed by atoms with van der Waals surface area (Å²) in [7, 11) is 0. The van der Waals surface area contributed by atoms with Crippen LogP contribution in [0.4, 0.5) is 0 Å². The maximum Gasteiger partial charge on any atom is 0.331 e. The Labute approximate surface area is 153 Å². The monoisotopic (exact) mass is 388 g/mol. The van der Waals surface area contributed by atoms with Crippen molar-refractivity contribution in [3.63, 3.8) is 0 Å². The number of rotatable bonds is 5. The van der Waals surface area contributed by atoms with Gasteiger partial charge in [-0.15, -0.1) is 0 Å². The van der Waals surface area contributed by atoms with E-state index in [1.54, 1.807) is 0 Å². The predicted molar refractivity (Wildman–Crippen MR) is 105 cm³/mol. The summed E-state index contributed by atoms with van der Waals surface area (Å²) < 4.78 is 6.48. The summed E-state index contributed by atoms with van der Waals surface area (Å²) in [5.41, 5.74) is 1.88. The van der Waals surface area contributed by atoms with Crippen molar-refractivity contribution in [2.45, 2.75) is 52.6 Å². The minimum Gasteiger partial charge on any atom is -0.457 e. The quantitative estimate of drug-likeness (QED) is 0.443. The van der Waals surface area contributed by atoms with Crippen LogP contribution >= 0.6 is 15.9 Å². The summed E-state index contributed by atoms with van der Waals surface area (Å²) in [6, 6.07) is 10.4. The Bertz CT molecular complexity index is 754. The molecule has 0 aliphatic rings. The molecule has 0 amide bonds. The van der Waals surface area contributed by atoms with E-state index in [9.17, 15) is 4.79 Å². The van der Waals surface area contributed by atoms with Crippen molar-refractivity contribution in [2.24, 2.45) is 0 Å². The van der Waals surface area contributed by atoms with Crippen molar-refractivity contribution in [2.75, 3.05) is 0 Å². The smallest absolute Gasteiger partial charge is 0.331 e. The Hall–Kier alpha value is -1.61. The van der Waals surface area contributed by atoms with E-state index < -0.39 is 5.60 Å². The van der Waals surface area contributed by atoms with Crippen LogP contribution in [0.3, 0.4) is 0 Å². The van der Waals surface area contributed by atoms with Crippen LogP contribution in [0.2, 0.25) is 0 Å². The molecule has 24 heavy (non-hydrogen) atoms. The van der Waals surface area contributed by atoms with Crippen LogP contribution in [0, 0.1) is 0 Å². The van der Waals surface area contributed by atoms with Crippen molar-refractivity contribution in [1.29, 1.82) is 0 Å². The van der Waals surface area contributed by atoms with Gasteiger partial charge in [-0.25, -0.2) is 4.79 Å². The maximum atomic E-state index is 12.0. The lowest BCUT2D eigenvalue weighted by Gasteiger charge is -2.18. The molecule has 0 bridgehead atoms. The molecule has 0 unspecified atom stereocenters. The summed E-state index contributed by atoms with van der Waals surface area (Å²) in [6.07, 6.45) is 6.69. The summed E-state index contributed by atoms with van der Waals surface area (Å²) in [6.45, 7) is 7.81. The topological polar surface area (TPSA) is 26.3 Å². The number of ether oxygens (including phenoxy) is 1. The Morgan fingerprint density at radius 3 is 2.50 bits per heavy atom. The van der Waals surface area contributed by atoms with Gasteiger partial charge in [0.25, 0.3) is 0 Å². The highest BCUT2D eigenvalue weighted by Crippen LogP contribution is 2.32. The third-order valence-electron chi connectivity index (χ3n) is 3.71.